The summed E-state index contributed by atoms with van der Waals surface area (Å²) in [6.07, 6.45) is 5.49. The number of fused-ring (bicyclic) bond motifs is 4. The van der Waals surface area contributed by atoms with E-state index in [1.54, 1.807) is 0 Å². The van der Waals surface area contributed by atoms with Gasteiger partial charge in [0.2, 0.25) is 6.79 Å². The minimum Gasteiger partial charge on any atom is -0.454 e. The topological polar surface area (TPSA) is 66.2 Å². The fourth-order valence-corrected chi connectivity index (χ4v) is 5.17. The number of pyridine rings is 2. The molecule has 0 bridgehead atoms. The summed E-state index contributed by atoms with van der Waals surface area (Å²) in [7, 11) is 0. The minimum absolute atomic E-state index is 0.00875. The highest BCUT2D eigenvalue weighted by Gasteiger charge is 2.25. The molecule has 4 aromatic rings. The summed E-state index contributed by atoms with van der Waals surface area (Å²) in [5.41, 5.74) is 6.59. The molecule has 154 valence electrons. The second kappa shape index (κ2) is 7.06. The van der Waals surface area contributed by atoms with Gasteiger partial charge in [0.25, 0.3) is 5.56 Å². The first kappa shape index (κ1) is 18.3. The Morgan fingerprint density at radius 3 is 2.84 bits per heavy atom. The van der Waals surface area contributed by atoms with E-state index >= 15 is 0 Å². The molecule has 0 spiro atoms. The average molecular weight is 430 g/mol. The molecule has 6 rings (SSSR count). The lowest BCUT2D eigenvalue weighted by atomic mass is 9.95. The number of thiazole rings is 1. The third-order valence-electron chi connectivity index (χ3n) is 5.82. The number of ether oxygens (including phenoxy) is 2. The standard InChI is InChI=1S/C24H19N3O3S/c1-14-12-31-23(26-14)18-10-17(16-4-5-20-21(9-16)30-13-29-20)22-19-11-25-7-6-15(19)3-2-8-27(22)24(18)28/h4-7,9-12H,2-3,8,13H2,1H3. The van der Waals surface area contributed by atoms with Gasteiger partial charge in [-0.15, -0.1) is 11.3 Å². The van der Waals surface area contributed by atoms with Crippen molar-refractivity contribution in [3.63, 3.8) is 0 Å². The van der Waals surface area contributed by atoms with E-state index in [0.717, 1.165) is 51.7 Å². The van der Waals surface area contributed by atoms with E-state index in [4.69, 9.17) is 9.47 Å². The van der Waals surface area contributed by atoms with Crippen LogP contribution in [0.15, 0.2) is 52.9 Å². The van der Waals surface area contributed by atoms with E-state index in [1.165, 1.54) is 16.9 Å². The number of rotatable bonds is 2. The Morgan fingerprint density at radius 2 is 1.97 bits per heavy atom. The lowest BCUT2D eigenvalue weighted by Crippen LogP contribution is -2.23. The molecule has 0 N–H and O–H groups in total. The van der Waals surface area contributed by atoms with Gasteiger partial charge in [0.15, 0.2) is 11.5 Å². The predicted octanol–water partition coefficient (Wildman–Crippen LogP) is 4.68. The second-order valence-corrected chi connectivity index (χ2v) is 8.63. The van der Waals surface area contributed by atoms with Crippen LogP contribution in [0.4, 0.5) is 0 Å². The molecule has 0 saturated heterocycles. The normalized spacial score (nSPS) is 14.1. The number of aromatic nitrogens is 3. The number of hydrogen-bond acceptors (Lipinski definition) is 6. The second-order valence-electron chi connectivity index (χ2n) is 7.78. The molecule has 0 fully saturated rings. The van der Waals surface area contributed by atoms with Crippen molar-refractivity contribution in [3.05, 3.63) is 69.7 Å². The maximum absolute atomic E-state index is 13.6. The van der Waals surface area contributed by atoms with Crippen LogP contribution < -0.4 is 15.0 Å². The minimum atomic E-state index is -0.00875. The van der Waals surface area contributed by atoms with Crippen molar-refractivity contribution in [2.75, 3.05) is 6.79 Å². The molecular formula is C24H19N3O3S. The van der Waals surface area contributed by atoms with Gasteiger partial charge in [0.05, 0.1) is 11.3 Å². The van der Waals surface area contributed by atoms with Gasteiger partial charge in [-0.3, -0.25) is 9.78 Å². The Kier molecular flexibility index (Phi) is 4.17. The average Bonchev–Trinajstić information content (AvgIpc) is 3.38. The molecule has 0 radical (unpaired) electrons. The van der Waals surface area contributed by atoms with Crippen LogP contribution in [-0.2, 0) is 13.0 Å². The molecule has 2 aliphatic rings. The van der Waals surface area contributed by atoms with Crippen LogP contribution in [0.1, 0.15) is 17.7 Å². The maximum Gasteiger partial charge on any atom is 0.261 e. The molecular weight excluding hydrogens is 410 g/mol. The Labute approximate surface area is 182 Å². The molecule has 2 aliphatic heterocycles. The van der Waals surface area contributed by atoms with Crippen LogP contribution in [0.3, 0.4) is 0 Å². The Hall–Kier alpha value is -3.45. The van der Waals surface area contributed by atoms with Crippen LogP contribution in [0.25, 0.3) is 33.0 Å². The summed E-state index contributed by atoms with van der Waals surface area (Å²) in [6, 6.07) is 9.96. The summed E-state index contributed by atoms with van der Waals surface area (Å²) in [5, 5.41) is 2.72. The van der Waals surface area contributed by atoms with Crippen molar-refractivity contribution < 1.29 is 9.47 Å². The quantitative estimate of drug-likeness (QED) is 0.463. The molecule has 5 heterocycles. The highest BCUT2D eigenvalue weighted by Crippen LogP contribution is 2.41. The van der Waals surface area contributed by atoms with Gasteiger partial charge in [0, 0.05) is 41.1 Å². The first-order valence-electron chi connectivity index (χ1n) is 10.2. The monoisotopic (exact) mass is 429 g/mol. The summed E-state index contributed by atoms with van der Waals surface area (Å²) in [5.74, 6) is 1.45. The van der Waals surface area contributed by atoms with Crippen LogP contribution in [0.5, 0.6) is 11.5 Å². The molecule has 3 aromatic heterocycles. The zero-order valence-electron chi connectivity index (χ0n) is 16.9. The first-order chi connectivity index (χ1) is 15.2. The Balaban J connectivity index is 1.69. The van der Waals surface area contributed by atoms with Crippen molar-refractivity contribution in [2.24, 2.45) is 0 Å². The summed E-state index contributed by atoms with van der Waals surface area (Å²) >= 11 is 1.50. The molecule has 1 aromatic carbocycles. The highest BCUT2D eigenvalue weighted by molar-refractivity contribution is 7.13. The van der Waals surface area contributed by atoms with Crippen molar-refractivity contribution in [3.8, 4) is 44.5 Å². The summed E-state index contributed by atoms with van der Waals surface area (Å²) in [4.78, 5) is 22.6. The van der Waals surface area contributed by atoms with Crippen molar-refractivity contribution in [1.29, 1.82) is 0 Å². The maximum atomic E-state index is 13.6. The van der Waals surface area contributed by atoms with E-state index in [0.29, 0.717) is 17.9 Å². The van der Waals surface area contributed by atoms with Crippen molar-refractivity contribution >= 4 is 11.3 Å². The molecule has 0 aliphatic carbocycles. The van der Waals surface area contributed by atoms with Gasteiger partial charge in [-0.2, -0.15) is 0 Å². The number of aryl methyl sites for hydroxylation is 2. The fourth-order valence-electron chi connectivity index (χ4n) is 4.37. The Bertz CT molecular complexity index is 1390. The van der Waals surface area contributed by atoms with Gasteiger partial charge in [-0.25, -0.2) is 4.98 Å². The molecule has 0 unspecified atom stereocenters. The third-order valence-corrected chi connectivity index (χ3v) is 6.81. The lowest BCUT2D eigenvalue weighted by molar-refractivity contribution is 0.174. The van der Waals surface area contributed by atoms with Gasteiger partial charge in [-0.05, 0) is 55.2 Å². The zero-order valence-corrected chi connectivity index (χ0v) is 17.7. The highest BCUT2D eigenvalue weighted by atomic mass is 32.1. The van der Waals surface area contributed by atoms with Crippen LogP contribution in [-0.4, -0.2) is 21.3 Å². The lowest BCUT2D eigenvalue weighted by Gasteiger charge is -2.18. The molecule has 0 saturated carbocycles. The fraction of sp³-hybridized carbons (Fsp3) is 0.208. The molecule has 0 amide bonds. The molecule has 7 heteroatoms. The van der Waals surface area contributed by atoms with Crippen LogP contribution >= 0.6 is 11.3 Å². The van der Waals surface area contributed by atoms with Crippen LogP contribution in [0.2, 0.25) is 0 Å². The van der Waals surface area contributed by atoms with E-state index < -0.39 is 0 Å². The third kappa shape index (κ3) is 2.96. The zero-order chi connectivity index (χ0) is 20.9. The number of benzene rings is 1. The largest absolute Gasteiger partial charge is 0.454 e. The van der Waals surface area contributed by atoms with E-state index in [9.17, 15) is 4.79 Å². The smallest absolute Gasteiger partial charge is 0.261 e. The van der Waals surface area contributed by atoms with Gasteiger partial charge < -0.3 is 14.0 Å². The Morgan fingerprint density at radius 1 is 1.06 bits per heavy atom. The SMILES string of the molecule is Cc1csc(-c2cc(-c3ccc4c(c3)OCO4)c3n(c2=O)CCCc2ccncc2-3)n1. The van der Waals surface area contributed by atoms with Gasteiger partial charge >= 0.3 is 0 Å². The summed E-state index contributed by atoms with van der Waals surface area (Å²) in [6.45, 7) is 2.82. The molecule has 31 heavy (non-hydrogen) atoms. The van der Waals surface area contributed by atoms with Crippen molar-refractivity contribution in [2.45, 2.75) is 26.3 Å². The molecule has 0 atom stereocenters. The van der Waals surface area contributed by atoms with Crippen molar-refractivity contribution in [1.82, 2.24) is 14.5 Å². The number of hydrogen-bond donors (Lipinski definition) is 0. The first-order valence-corrected chi connectivity index (χ1v) is 11.1. The van der Waals surface area contributed by atoms with E-state index in [2.05, 4.69) is 16.0 Å². The van der Waals surface area contributed by atoms with Gasteiger partial charge in [-0.1, -0.05) is 6.07 Å². The van der Waals surface area contributed by atoms with E-state index in [-0.39, 0.29) is 12.4 Å². The number of nitrogens with zero attached hydrogens (tertiary/aromatic N) is 3. The van der Waals surface area contributed by atoms with Crippen LogP contribution in [0, 0.1) is 6.92 Å². The summed E-state index contributed by atoms with van der Waals surface area (Å²) < 4.78 is 13.0. The van der Waals surface area contributed by atoms with Gasteiger partial charge in [0.1, 0.15) is 5.01 Å². The molecule has 6 nitrogen and oxygen atoms in total. The van der Waals surface area contributed by atoms with E-state index in [1.807, 2.05) is 53.5 Å². The predicted molar refractivity (Wildman–Crippen MR) is 120 cm³/mol.